The zero-order chi connectivity index (χ0) is 21.1. The van der Waals surface area contributed by atoms with Crippen LogP contribution in [0.1, 0.15) is 44.6 Å². The molecule has 1 aromatic carbocycles. The van der Waals surface area contributed by atoms with Gasteiger partial charge in [-0.3, -0.25) is 14.1 Å². The van der Waals surface area contributed by atoms with E-state index in [1.54, 1.807) is 25.3 Å². The second-order valence-corrected chi connectivity index (χ2v) is 11.4. The number of aliphatic hydroxyl groups excluding tert-OH is 1. The smallest absolute Gasteiger partial charge is 0.208 e. The zero-order valence-corrected chi connectivity index (χ0v) is 19.2. The lowest BCUT2D eigenvalue weighted by Gasteiger charge is -2.37. The summed E-state index contributed by atoms with van der Waals surface area (Å²) in [6, 6.07) is 5.43. The van der Waals surface area contributed by atoms with Gasteiger partial charge in [0.2, 0.25) is 7.37 Å². The Balaban J connectivity index is 1.90. The van der Waals surface area contributed by atoms with Crippen molar-refractivity contribution in [1.29, 1.82) is 0 Å². The Morgan fingerprint density at radius 1 is 1.31 bits per heavy atom. The maximum Gasteiger partial charge on any atom is 0.208 e. The number of aliphatic imine (C=N–C) groups is 1. The molecule has 1 aliphatic heterocycles. The van der Waals surface area contributed by atoms with Crippen LogP contribution in [-0.4, -0.2) is 35.5 Å². The van der Waals surface area contributed by atoms with E-state index in [1.165, 1.54) is 0 Å². The summed E-state index contributed by atoms with van der Waals surface area (Å²) in [6.45, 7) is 3.63. The van der Waals surface area contributed by atoms with Gasteiger partial charge in [-0.1, -0.05) is 48.3 Å². The topological polar surface area (TPSA) is 58.9 Å². The molecule has 1 heterocycles. The molecule has 0 radical (unpaired) electrons. The van der Waals surface area contributed by atoms with Gasteiger partial charge in [0.1, 0.15) is 0 Å². The van der Waals surface area contributed by atoms with Crippen molar-refractivity contribution in [3.8, 4) is 0 Å². The van der Waals surface area contributed by atoms with Gasteiger partial charge in [0.05, 0.1) is 22.3 Å². The molecule has 5 atom stereocenters. The lowest BCUT2D eigenvalue weighted by atomic mass is 9.91. The van der Waals surface area contributed by atoms with Crippen molar-refractivity contribution in [1.82, 2.24) is 0 Å². The number of allylic oxidation sites excluding steroid dienone is 3. The molecule has 5 unspecified atom stereocenters. The van der Waals surface area contributed by atoms with Crippen LogP contribution in [0, 0.1) is 5.92 Å². The minimum atomic E-state index is -3.16. The molecule has 158 valence electrons. The Hall–Kier alpha value is -0.900. The summed E-state index contributed by atoms with van der Waals surface area (Å²) in [5.41, 5.74) is -0.196. The van der Waals surface area contributed by atoms with Crippen LogP contribution in [0.15, 0.2) is 47.5 Å². The highest BCUT2D eigenvalue weighted by Crippen LogP contribution is 2.57. The fraction of sp³-hybridized carbons (Fsp3) is 0.500. The summed E-state index contributed by atoms with van der Waals surface area (Å²) in [5, 5.41) is 11.0. The summed E-state index contributed by atoms with van der Waals surface area (Å²) < 4.78 is 20.3. The Morgan fingerprint density at radius 3 is 2.69 bits per heavy atom. The maximum absolute atomic E-state index is 13.9. The van der Waals surface area contributed by atoms with Gasteiger partial charge in [0.25, 0.3) is 0 Å². The van der Waals surface area contributed by atoms with E-state index >= 15 is 0 Å². The molecule has 2 aliphatic rings. The molecule has 29 heavy (non-hydrogen) atoms. The lowest BCUT2D eigenvalue weighted by molar-refractivity contribution is 0.105. The first-order valence-electron chi connectivity index (χ1n) is 10.0. The second kappa shape index (κ2) is 9.49. The summed E-state index contributed by atoms with van der Waals surface area (Å²) in [6.07, 6.45) is 12.3. The molecule has 1 N–H and O–H groups in total. The highest BCUT2D eigenvalue weighted by atomic mass is 35.5. The average Bonchev–Trinajstić information content (AvgIpc) is 3.12. The number of nitrogens with zero attached hydrogens (tertiary/aromatic N) is 1. The number of benzene rings is 1. The van der Waals surface area contributed by atoms with Gasteiger partial charge < -0.3 is 5.11 Å². The fourth-order valence-corrected chi connectivity index (χ4v) is 7.35. The number of rotatable bonds is 8. The van der Waals surface area contributed by atoms with Crippen molar-refractivity contribution in [3.63, 3.8) is 0 Å². The quantitative estimate of drug-likeness (QED) is 0.361. The molecule has 3 rings (SSSR count). The lowest BCUT2D eigenvalue weighted by Crippen LogP contribution is -2.34. The number of halogens is 2. The molecule has 0 bridgehead atoms. The van der Waals surface area contributed by atoms with Crippen LogP contribution in [0.4, 0.5) is 0 Å². The van der Waals surface area contributed by atoms with E-state index in [0.29, 0.717) is 16.2 Å². The Kier molecular flexibility index (Phi) is 7.46. The third kappa shape index (κ3) is 5.62. The van der Waals surface area contributed by atoms with Crippen LogP contribution in [0.5, 0.6) is 0 Å². The molecule has 7 heteroatoms. The minimum absolute atomic E-state index is 0.117. The zero-order valence-electron chi connectivity index (χ0n) is 16.8. The summed E-state index contributed by atoms with van der Waals surface area (Å²) in [5.74, 6) is 0.0529. The maximum atomic E-state index is 13.9. The molecular weight excluding hydrogens is 428 g/mol. The number of hydrogen-bond donors (Lipinski definition) is 1. The SMILES string of the molecule is CC(O)CP(=O)(CC1CC=CCC1)OC1(C(C)c2ccc(Cl)c(Cl)c2)C=CC=N1. The minimum Gasteiger partial charge on any atom is -0.393 e. The van der Waals surface area contributed by atoms with Crippen LogP contribution in [-0.2, 0) is 9.09 Å². The monoisotopic (exact) mass is 455 g/mol. The van der Waals surface area contributed by atoms with E-state index in [-0.39, 0.29) is 18.0 Å². The van der Waals surface area contributed by atoms with Crippen LogP contribution >= 0.6 is 30.6 Å². The molecule has 0 saturated carbocycles. The molecule has 0 amide bonds. The van der Waals surface area contributed by atoms with Crippen molar-refractivity contribution >= 4 is 36.8 Å². The van der Waals surface area contributed by atoms with Gasteiger partial charge in [-0.05, 0) is 62.0 Å². The number of aliphatic hydroxyl groups is 1. The standard InChI is InChI=1S/C22H28Cl2NO3P/c1-16(26)14-29(27,15-18-7-4-3-5-8-18)28-22(11-6-12-25-22)17(2)19-9-10-20(23)21(24)13-19/h3-4,6,9-13,16-18,26H,5,7-8,14-15H2,1-2H3. The average molecular weight is 456 g/mol. The first-order chi connectivity index (χ1) is 13.7. The summed E-state index contributed by atoms with van der Waals surface area (Å²) in [7, 11) is -3.16. The van der Waals surface area contributed by atoms with Crippen molar-refractivity contribution in [2.24, 2.45) is 10.9 Å². The highest BCUT2D eigenvalue weighted by Gasteiger charge is 2.44. The van der Waals surface area contributed by atoms with E-state index in [4.69, 9.17) is 27.7 Å². The van der Waals surface area contributed by atoms with E-state index in [0.717, 1.165) is 24.8 Å². The molecule has 1 aliphatic carbocycles. The van der Waals surface area contributed by atoms with Gasteiger partial charge in [-0.15, -0.1) is 0 Å². The summed E-state index contributed by atoms with van der Waals surface area (Å²) >= 11 is 12.3. The van der Waals surface area contributed by atoms with Crippen molar-refractivity contribution < 1.29 is 14.2 Å². The highest BCUT2D eigenvalue weighted by molar-refractivity contribution is 7.59. The van der Waals surface area contributed by atoms with E-state index in [2.05, 4.69) is 17.1 Å². The third-order valence-electron chi connectivity index (χ3n) is 5.53. The second-order valence-electron chi connectivity index (χ2n) is 8.05. The first kappa shape index (κ1) is 22.8. The van der Waals surface area contributed by atoms with Crippen molar-refractivity contribution in [2.75, 3.05) is 12.3 Å². The van der Waals surface area contributed by atoms with Crippen molar-refractivity contribution in [3.05, 3.63) is 58.1 Å². The Morgan fingerprint density at radius 2 is 2.10 bits per heavy atom. The first-order valence-corrected chi connectivity index (χ1v) is 12.8. The van der Waals surface area contributed by atoms with Gasteiger partial charge in [-0.2, -0.15) is 0 Å². The molecule has 0 aromatic heterocycles. The van der Waals surface area contributed by atoms with Crippen LogP contribution in [0.25, 0.3) is 0 Å². The largest absolute Gasteiger partial charge is 0.393 e. The van der Waals surface area contributed by atoms with Crippen molar-refractivity contribution in [2.45, 2.75) is 50.9 Å². The van der Waals surface area contributed by atoms with Crippen LogP contribution in [0.2, 0.25) is 10.0 Å². The molecule has 4 nitrogen and oxygen atoms in total. The van der Waals surface area contributed by atoms with Gasteiger partial charge in [0, 0.05) is 18.3 Å². The molecule has 0 spiro atoms. The Bertz CT molecular complexity index is 854. The van der Waals surface area contributed by atoms with E-state index in [1.807, 2.05) is 25.1 Å². The van der Waals surface area contributed by atoms with Crippen LogP contribution < -0.4 is 0 Å². The molecule has 0 saturated heterocycles. The van der Waals surface area contributed by atoms with Crippen LogP contribution in [0.3, 0.4) is 0 Å². The normalized spacial score (nSPS) is 27.7. The predicted molar refractivity (Wildman–Crippen MR) is 122 cm³/mol. The van der Waals surface area contributed by atoms with Gasteiger partial charge >= 0.3 is 0 Å². The fourth-order valence-electron chi connectivity index (χ4n) is 4.03. The van der Waals surface area contributed by atoms with Gasteiger partial charge in [0.15, 0.2) is 5.72 Å². The van der Waals surface area contributed by atoms with E-state index < -0.39 is 19.2 Å². The molecular formula is C22H28Cl2NO3P. The van der Waals surface area contributed by atoms with E-state index in [9.17, 15) is 9.67 Å². The molecule has 1 aromatic rings. The third-order valence-corrected chi connectivity index (χ3v) is 9.05. The van der Waals surface area contributed by atoms with Gasteiger partial charge in [-0.25, -0.2) is 0 Å². The predicted octanol–water partition coefficient (Wildman–Crippen LogP) is 6.47. The number of hydrogen-bond acceptors (Lipinski definition) is 4. The Labute approximate surface area is 183 Å². The molecule has 0 fully saturated rings. The summed E-state index contributed by atoms with van der Waals surface area (Å²) in [4.78, 5) is 4.58.